The monoisotopic (exact) mass is 337 g/mol. The van der Waals surface area contributed by atoms with Gasteiger partial charge in [-0.15, -0.1) is 18.8 Å². The summed E-state index contributed by atoms with van der Waals surface area (Å²) in [6.07, 6.45) is 5.27. The first-order chi connectivity index (χ1) is 9.90. The van der Waals surface area contributed by atoms with Gasteiger partial charge in [-0.05, 0) is 36.4 Å². The molecule has 0 spiro atoms. The van der Waals surface area contributed by atoms with E-state index in [0.717, 1.165) is 6.07 Å². The number of amides is 1. The average Bonchev–Trinajstić information content (AvgIpc) is 2.46. The Morgan fingerprint density at radius 3 is 2.45 bits per heavy atom. The number of hydrogen-bond acceptors (Lipinski definition) is 3. The predicted octanol–water partition coefficient (Wildman–Crippen LogP) is 2.59. The summed E-state index contributed by atoms with van der Waals surface area (Å²) >= 11 is 0. The smallest absolute Gasteiger partial charge is 0.294 e. The van der Waals surface area contributed by atoms with Crippen molar-refractivity contribution in [3.05, 3.63) is 59.7 Å². The highest BCUT2D eigenvalue weighted by Gasteiger charge is 2.13. The minimum Gasteiger partial charge on any atom is -0.322 e. The van der Waals surface area contributed by atoms with Crippen LogP contribution < -0.4 is 5.32 Å². The average molecular weight is 338 g/mol. The number of terminal acetylenes is 1. The molecule has 2 aromatic rings. The molecule has 1 amide bonds. The fourth-order valence-electron chi connectivity index (χ4n) is 1.69. The van der Waals surface area contributed by atoms with Crippen LogP contribution in [0.3, 0.4) is 0 Å². The van der Waals surface area contributed by atoms with Crippen molar-refractivity contribution in [1.29, 1.82) is 0 Å². The first-order valence-corrected chi connectivity index (χ1v) is 7.30. The highest BCUT2D eigenvalue weighted by atomic mass is 35.5. The third-order valence-electron chi connectivity index (χ3n) is 2.68. The van der Waals surface area contributed by atoms with Crippen molar-refractivity contribution in [3.63, 3.8) is 0 Å². The summed E-state index contributed by atoms with van der Waals surface area (Å²) < 4.78 is 31.1. The van der Waals surface area contributed by atoms with Crippen molar-refractivity contribution in [2.45, 2.75) is 4.90 Å². The van der Waals surface area contributed by atoms with Crippen LogP contribution in [-0.4, -0.2) is 18.9 Å². The maximum Gasteiger partial charge on any atom is 0.294 e. The van der Waals surface area contributed by atoms with E-state index in [1.165, 1.54) is 18.2 Å². The molecule has 7 heteroatoms. The molecule has 0 bridgehead atoms. The molecule has 2 N–H and O–H groups in total. The van der Waals surface area contributed by atoms with E-state index in [-0.39, 0.29) is 22.9 Å². The number of halogens is 1. The van der Waals surface area contributed by atoms with Crippen molar-refractivity contribution >= 4 is 34.1 Å². The van der Waals surface area contributed by atoms with Gasteiger partial charge >= 0.3 is 0 Å². The van der Waals surface area contributed by atoms with Crippen LogP contribution in [0.25, 0.3) is 0 Å². The predicted molar refractivity (Wildman–Crippen MR) is 85.8 cm³/mol. The molecule has 2 rings (SSSR count). The van der Waals surface area contributed by atoms with Crippen LogP contribution in [0, 0.1) is 12.3 Å². The van der Waals surface area contributed by atoms with Crippen LogP contribution in [0.1, 0.15) is 15.9 Å². The second-order valence-corrected chi connectivity index (χ2v) is 5.60. The van der Waals surface area contributed by atoms with E-state index in [9.17, 15) is 13.2 Å². The number of rotatable bonds is 3. The Kier molecular flexibility index (Phi) is 5.71. The summed E-state index contributed by atoms with van der Waals surface area (Å²) in [5, 5.41) is 2.60. The molecule has 0 atom stereocenters. The lowest BCUT2D eigenvalue weighted by Crippen LogP contribution is -2.12. The van der Waals surface area contributed by atoms with E-state index in [2.05, 4.69) is 11.2 Å². The van der Waals surface area contributed by atoms with Crippen molar-refractivity contribution in [1.82, 2.24) is 0 Å². The molecule has 114 valence electrons. The topological polar surface area (TPSA) is 83.5 Å². The lowest BCUT2D eigenvalue weighted by molar-refractivity contribution is 0.102. The second-order valence-electron chi connectivity index (χ2n) is 4.18. The Balaban J connectivity index is 0.00000242. The lowest BCUT2D eigenvalue weighted by atomic mass is 10.2. The largest absolute Gasteiger partial charge is 0.322 e. The maximum absolute atomic E-state index is 12.1. The molecule has 0 fully saturated rings. The fourth-order valence-corrected chi connectivity index (χ4v) is 2.21. The minimum atomic E-state index is -4.35. The summed E-state index contributed by atoms with van der Waals surface area (Å²) in [5.41, 5.74) is 1.21. The van der Waals surface area contributed by atoms with Gasteiger partial charge < -0.3 is 5.32 Å². The molecular weight excluding hydrogens is 326 g/mol. The van der Waals surface area contributed by atoms with Gasteiger partial charge in [-0.3, -0.25) is 9.35 Å². The first-order valence-electron chi connectivity index (χ1n) is 5.86. The SMILES string of the molecule is C#Cc1cccc(NC(=O)c2cccc(S(=O)(=O)O)c2)c1.Cl. The molecule has 22 heavy (non-hydrogen) atoms. The van der Waals surface area contributed by atoms with E-state index < -0.39 is 16.0 Å². The van der Waals surface area contributed by atoms with Crippen LogP contribution in [0.2, 0.25) is 0 Å². The lowest BCUT2D eigenvalue weighted by Gasteiger charge is -2.06. The Hall–Kier alpha value is -2.33. The maximum atomic E-state index is 12.1. The van der Waals surface area contributed by atoms with E-state index in [0.29, 0.717) is 11.3 Å². The number of carbonyl (C=O) groups is 1. The number of benzene rings is 2. The first kappa shape index (κ1) is 17.7. The molecule has 2 aromatic carbocycles. The minimum absolute atomic E-state index is 0. The van der Waals surface area contributed by atoms with E-state index in [1.807, 2.05) is 0 Å². The van der Waals surface area contributed by atoms with Crippen LogP contribution >= 0.6 is 12.4 Å². The van der Waals surface area contributed by atoms with Gasteiger partial charge in [0.05, 0.1) is 4.90 Å². The van der Waals surface area contributed by atoms with Gasteiger partial charge in [-0.1, -0.05) is 18.1 Å². The summed E-state index contributed by atoms with van der Waals surface area (Å²) in [6.45, 7) is 0. The summed E-state index contributed by atoms with van der Waals surface area (Å²) in [5.74, 6) is 1.94. The van der Waals surface area contributed by atoms with Gasteiger partial charge in [0.2, 0.25) is 0 Å². The Morgan fingerprint density at radius 1 is 1.14 bits per heavy atom. The van der Waals surface area contributed by atoms with Crippen LogP contribution in [0.15, 0.2) is 53.4 Å². The fraction of sp³-hybridized carbons (Fsp3) is 0. The summed E-state index contributed by atoms with van der Waals surface area (Å²) in [7, 11) is -4.35. The normalized spacial score (nSPS) is 10.2. The van der Waals surface area contributed by atoms with Crippen molar-refractivity contribution in [2.75, 3.05) is 5.32 Å². The standard InChI is InChI=1S/C15H11NO4S.ClH/c1-2-11-5-3-7-13(9-11)16-15(17)12-6-4-8-14(10-12)21(18,19)20;/h1,3-10H,(H,16,17)(H,18,19,20);1H. The van der Waals surface area contributed by atoms with Gasteiger partial charge in [0.15, 0.2) is 0 Å². The third kappa shape index (κ3) is 4.33. The molecular formula is C15H12ClNO4S. The number of nitrogens with one attached hydrogen (secondary N) is 1. The number of carbonyl (C=O) groups excluding carboxylic acids is 1. The molecule has 0 saturated carbocycles. The van der Waals surface area contributed by atoms with Gasteiger partial charge in [-0.25, -0.2) is 0 Å². The molecule has 0 saturated heterocycles. The van der Waals surface area contributed by atoms with E-state index in [4.69, 9.17) is 11.0 Å². The second kappa shape index (κ2) is 7.09. The van der Waals surface area contributed by atoms with Gasteiger partial charge in [0.25, 0.3) is 16.0 Å². The zero-order valence-corrected chi connectivity index (χ0v) is 12.8. The third-order valence-corrected chi connectivity index (χ3v) is 3.53. The quantitative estimate of drug-likeness (QED) is 0.666. The van der Waals surface area contributed by atoms with E-state index in [1.54, 1.807) is 24.3 Å². The molecule has 5 nitrogen and oxygen atoms in total. The number of hydrogen-bond donors (Lipinski definition) is 2. The van der Waals surface area contributed by atoms with Gasteiger partial charge in [0.1, 0.15) is 0 Å². The molecule has 0 unspecified atom stereocenters. The summed E-state index contributed by atoms with van der Waals surface area (Å²) in [4.78, 5) is 11.7. The van der Waals surface area contributed by atoms with Gasteiger partial charge in [-0.2, -0.15) is 8.42 Å². The van der Waals surface area contributed by atoms with E-state index >= 15 is 0 Å². The highest BCUT2D eigenvalue weighted by Crippen LogP contribution is 2.14. The van der Waals surface area contributed by atoms with Crippen LogP contribution in [0.4, 0.5) is 5.69 Å². The Bertz CT molecular complexity index is 841. The molecule has 0 radical (unpaired) electrons. The Labute approximate surface area is 134 Å². The van der Waals surface area contributed by atoms with Crippen LogP contribution in [0.5, 0.6) is 0 Å². The van der Waals surface area contributed by atoms with Crippen LogP contribution in [-0.2, 0) is 10.1 Å². The number of anilines is 1. The molecule has 0 aliphatic carbocycles. The Morgan fingerprint density at radius 2 is 1.82 bits per heavy atom. The molecule has 0 heterocycles. The van der Waals surface area contributed by atoms with Crippen molar-refractivity contribution in [3.8, 4) is 12.3 Å². The zero-order chi connectivity index (χ0) is 15.5. The highest BCUT2D eigenvalue weighted by molar-refractivity contribution is 7.85. The van der Waals surface area contributed by atoms with Crippen molar-refractivity contribution < 1.29 is 17.8 Å². The van der Waals surface area contributed by atoms with Crippen molar-refractivity contribution in [2.24, 2.45) is 0 Å². The molecule has 0 aliphatic heterocycles. The molecule has 0 aliphatic rings. The summed E-state index contributed by atoms with van der Waals surface area (Å²) in [6, 6.07) is 11.8. The molecule has 0 aromatic heterocycles. The zero-order valence-electron chi connectivity index (χ0n) is 11.2. The van der Waals surface area contributed by atoms with Gasteiger partial charge in [0, 0.05) is 16.8 Å².